The van der Waals surface area contributed by atoms with E-state index in [1.165, 1.54) is 10.4 Å². The second-order valence-electron chi connectivity index (χ2n) is 6.54. The molecule has 1 aromatic carbocycles. The van der Waals surface area contributed by atoms with Crippen molar-refractivity contribution in [3.63, 3.8) is 0 Å². The molecule has 1 aliphatic heterocycles. The molecular formula is C18H20Cl2N2O3S2. The van der Waals surface area contributed by atoms with Gasteiger partial charge in [-0.25, -0.2) is 8.42 Å². The van der Waals surface area contributed by atoms with Crippen LogP contribution in [0.1, 0.15) is 35.0 Å². The highest BCUT2D eigenvalue weighted by Gasteiger charge is 2.32. The molecule has 0 saturated carbocycles. The molecule has 1 atom stereocenters. The van der Waals surface area contributed by atoms with E-state index in [0.29, 0.717) is 29.6 Å². The van der Waals surface area contributed by atoms with E-state index in [2.05, 4.69) is 5.32 Å². The Morgan fingerprint density at radius 2 is 1.96 bits per heavy atom. The van der Waals surface area contributed by atoms with Crippen LogP contribution < -0.4 is 5.32 Å². The third-order valence-electron chi connectivity index (χ3n) is 4.44. The first kappa shape index (κ1) is 20.6. The zero-order valence-corrected chi connectivity index (χ0v) is 17.9. The molecule has 1 aliphatic rings. The van der Waals surface area contributed by atoms with Crippen molar-refractivity contribution in [3.8, 4) is 0 Å². The highest BCUT2D eigenvalue weighted by molar-refractivity contribution is 7.89. The Morgan fingerprint density at radius 1 is 1.26 bits per heavy atom. The summed E-state index contributed by atoms with van der Waals surface area (Å²) in [5.41, 5.74) is 0.866. The lowest BCUT2D eigenvalue weighted by molar-refractivity contribution is 0.0941. The Hall–Kier alpha value is -1.12. The van der Waals surface area contributed by atoms with E-state index in [1.54, 1.807) is 17.5 Å². The largest absolute Gasteiger partial charge is 0.349 e. The van der Waals surface area contributed by atoms with E-state index < -0.39 is 10.0 Å². The highest BCUT2D eigenvalue weighted by atomic mass is 35.5. The summed E-state index contributed by atoms with van der Waals surface area (Å²) in [5.74, 6) is -0.389. The van der Waals surface area contributed by atoms with Crippen molar-refractivity contribution in [2.45, 2.75) is 37.1 Å². The lowest BCUT2D eigenvalue weighted by atomic mass is 10.1. The van der Waals surface area contributed by atoms with Gasteiger partial charge in [0.25, 0.3) is 5.91 Å². The van der Waals surface area contributed by atoms with E-state index in [1.807, 2.05) is 13.0 Å². The zero-order valence-electron chi connectivity index (χ0n) is 14.7. The van der Waals surface area contributed by atoms with Crippen LogP contribution in [0.2, 0.25) is 10.0 Å². The maximum absolute atomic E-state index is 12.8. The Balaban J connectivity index is 1.72. The van der Waals surface area contributed by atoms with Gasteiger partial charge in [-0.15, -0.1) is 11.3 Å². The first-order valence-corrected chi connectivity index (χ1v) is 11.7. The average molecular weight is 447 g/mol. The smallest absolute Gasteiger partial charge is 0.262 e. The molecule has 1 amide bonds. The minimum atomic E-state index is -3.63. The Kier molecular flexibility index (Phi) is 6.48. The van der Waals surface area contributed by atoms with Gasteiger partial charge in [0, 0.05) is 29.2 Å². The van der Waals surface area contributed by atoms with Gasteiger partial charge in [0.05, 0.1) is 0 Å². The summed E-state index contributed by atoms with van der Waals surface area (Å²) in [5, 5.41) is 5.60. The van der Waals surface area contributed by atoms with E-state index in [4.69, 9.17) is 23.2 Å². The highest BCUT2D eigenvalue weighted by Crippen LogP contribution is 2.28. The third kappa shape index (κ3) is 4.66. The quantitative estimate of drug-likeness (QED) is 0.722. The fourth-order valence-electron chi connectivity index (χ4n) is 3.09. The predicted molar refractivity (Wildman–Crippen MR) is 109 cm³/mol. The molecule has 5 nitrogen and oxygen atoms in total. The van der Waals surface area contributed by atoms with Crippen LogP contribution in [0.4, 0.5) is 0 Å². The summed E-state index contributed by atoms with van der Waals surface area (Å²) in [6.45, 7) is 2.86. The summed E-state index contributed by atoms with van der Waals surface area (Å²) in [6, 6.07) is 6.51. The molecule has 1 unspecified atom stereocenters. The standard InChI is InChI=1S/C18H20Cl2N2O3S2/c1-12(10-13-4-5-14(19)11-15(13)20)21-18(23)17-16(6-9-26-17)27(24,25)22-7-2-3-8-22/h4-6,9,11-12H,2-3,7-8,10H2,1H3,(H,21,23). The Bertz CT molecular complexity index is 938. The lowest BCUT2D eigenvalue weighted by Crippen LogP contribution is -2.35. The number of nitrogens with one attached hydrogen (secondary N) is 1. The molecule has 1 aromatic heterocycles. The van der Waals surface area contributed by atoms with Crippen LogP contribution >= 0.6 is 34.5 Å². The van der Waals surface area contributed by atoms with Crippen molar-refractivity contribution in [2.75, 3.05) is 13.1 Å². The Morgan fingerprint density at radius 3 is 2.63 bits per heavy atom. The van der Waals surface area contributed by atoms with Gasteiger partial charge < -0.3 is 5.32 Å². The SMILES string of the molecule is CC(Cc1ccc(Cl)cc1Cl)NC(=O)c1sccc1S(=O)(=O)N1CCCC1. The molecule has 0 aliphatic carbocycles. The molecule has 9 heteroatoms. The number of sulfonamides is 1. The number of halogens is 2. The van der Waals surface area contributed by atoms with E-state index in [9.17, 15) is 13.2 Å². The van der Waals surface area contributed by atoms with Crippen LogP contribution in [0.15, 0.2) is 34.5 Å². The van der Waals surface area contributed by atoms with E-state index >= 15 is 0 Å². The molecule has 27 heavy (non-hydrogen) atoms. The van der Waals surface area contributed by atoms with Gasteiger partial charge in [0.1, 0.15) is 9.77 Å². The predicted octanol–water partition coefficient (Wildman–Crippen LogP) is 4.20. The monoisotopic (exact) mass is 446 g/mol. The summed E-state index contributed by atoms with van der Waals surface area (Å²) in [6.07, 6.45) is 2.22. The third-order valence-corrected chi connectivity index (χ3v) is 8.01. The molecule has 0 radical (unpaired) electrons. The number of nitrogens with zero attached hydrogens (tertiary/aromatic N) is 1. The van der Waals surface area contributed by atoms with Crippen molar-refractivity contribution in [2.24, 2.45) is 0 Å². The number of benzene rings is 1. The number of hydrogen-bond acceptors (Lipinski definition) is 4. The molecular weight excluding hydrogens is 427 g/mol. The van der Waals surface area contributed by atoms with Crippen LogP contribution in [0.5, 0.6) is 0 Å². The molecule has 1 saturated heterocycles. The molecule has 146 valence electrons. The van der Waals surface area contributed by atoms with Gasteiger partial charge in [-0.05, 0) is 55.3 Å². The topological polar surface area (TPSA) is 66.5 Å². The Labute approximate surface area is 173 Å². The second kappa shape index (κ2) is 8.49. The van der Waals surface area contributed by atoms with Gasteiger partial charge >= 0.3 is 0 Å². The fourth-order valence-corrected chi connectivity index (χ4v) is 6.40. The van der Waals surface area contributed by atoms with Crippen molar-refractivity contribution >= 4 is 50.5 Å². The molecule has 2 aromatic rings. The van der Waals surface area contributed by atoms with Crippen LogP contribution in [0.25, 0.3) is 0 Å². The maximum Gasteiger partial charge on any atom is 0.262 e. The van der Waals surface area contributed by atoms with E-state index in [0.717, 1.165) is 29.7 Å². The number of carbonyl (C=O) groups excluding carboxylic acids is 1. The summed E-state index contributed by atoms with van der Waals surface area (Å²) >= 11 is 13.2. The number of thiophene rings is 1. The summed E-state index contributed by atoms with van der Waals surface area (Å²) in [4.78, 5) is 13.0. The number of carbonyl (C=O) groups is 1. The first-order valence-electron chi connectivity index (χ1n) is 8.61. The number of amides is 1. The second-order valence-corrected chi connectivity index (χ2v) is 10.2. The fraction of sp³-hybridized carbons (Fsp3) is 0.389. The lowest BCUT2D eigenvalue weighted by Gasteiger charge is -2.17. The van der Waals surface area contributed by atoms with Crippen LogP contribution in [-0.4, -0.2) is 37.8 Å². The van der Waals surface area contributed by atoms with Gasteiger partial charge in [0.2, 0.25) is 10.0 Å². The normalized spacial score (nSPS) is 16.4. The van der Waals surface area contributed by atoms with Crippen molar-refractivity contribution < 1.29 is 13.2 Å². The minimum Gasteiger partial charge on any atom is -0.349 e. The maximum atomic E-state index is 12.8. The van der Waals surface area contributed by atoms with Crippen molar-refractivity contribution in [1.29, 1.82) is 0 Å². The molecule has 0 bridgehead atoms. The van der Waals surface area contributed by atoms with Gasteiger partial charge in [-0.2, -0.15) is 4.31 Å². The van der Waals surface area contributed by atoms with Gasteiger partial charge in [-0.1, -0.05) is 29.3 Å². The van der Waals surface area contributed by atoms with Crippen molar-refractivity contribution in [1.82, 2.24) is 9.62 Å². The van der Waals surface area contributed by atoms with Crippen LogP contribution in [0, 0.1) is 0 Å². The zero-order chi connectivity index (χ0) is 19.6. The number of rotatable bonds is 6. The molecule has 3 rings (SSSR count). The molecule has 0 spiro atoms. The van der Waals surface area contributed by atoms with E-state index in [-0.39, 0.29) is 21.7 Å². The van der Waals surface area contributed by atoms with Crippen molar-refractivity contribution in [3.05, 3.63) is 50.1 Å². The van der Waals surface area contributed by atoms with Crippen LogP contribution in [0.3, 0.4) is 0 Å². The summed E-state index contributed by atoms with van der Waals surface area (Å²) in [7, 11) is -3.63. The number of hydrogen-bond donors (Lipinski definition) is 1. The average Bonchev–Trinajstić information content (AvgIpc) is 3.29. The van der Waals surface area contributed by atoms with Crippen LogP contribution in [-0.2, 0) is 16.4 Å². The van der Waals surface area contributed by atoms with Gasteiger partial charge in [-0.3, -0.25) is 4.79 Å². The molecule has 2 heterocycles. The minimum absolute atomic E-state index is 0.0867. The van der Waals surface area contributed by atoms with Gasteiger partial charge in [0.15, 0.2) is 0 Å². The molecule has 1 fully saturated rings. The molecule has 1 N–H and O–H groups in total. The summed E-state index contributed by atoms with van der Waals surface area (Å²) < 4.78 is 27.0. The first-order chi connectivity index (χ1) is 12.8.